The molecule has 1 N–H and O–H groups in total. The maximum atomic E-state index is 12.9. The lowest BCUT2D eigenvalue weighted by Gasteiger charge is -2.24. The van der Waals surface area contributed by atoms with E-state index in [9.17, 15) is 22.8 Å². The molecule has 2 heterocycles. The number of hydrogen-bond donors (Lipinski definition) is 1. The van der Waals surface area contributed by atoms with E-state index in [4.69, 9.17) is 0 Å². The summed E-state index contributed by atoms with van der Waals surface area (Å²) >= 11 is 1.20. The van der Waals surface area contributed by atoms with E-state index in [0.717, 1.165) is 11.3 Å². The molecule has 0 spiro atoms. The number of urea groups is 1. The molecular formula is C30H28F3N7O3S. The van der Waals surface area contributed by atoms with Gasteiger partial charge in [-0.1, -0.05) is 37.7 Å². The zero-order valence-electron chi connectivity index (χ0n) is 24.2. The third kappa shape index (κ3) is 7.02. The number of aliphatic imine (C=N–C) groups is 1. The maximum Gasteiger partial charge on any atom is 0.573 e. The average Bonchev–Trinajstić information content (AvgIpc) is 3.59. The SMILES string of the molecule is CC(C)c1ccc(N(C)C)cc1N1C(=O)CS/C1=N\C(=O)Nc1ccc(-c2ncn(-c3cccc(OC(F)(F)F)c3)n2)cc1. The first-order valence-electron chi connectivity index (χ1n) is 13.4. The molecule has 1 aliphatic rings. The van der Waals surface area contributed by atoms with Crippen molar-refractivity contribution in [3.63, 3.8) is 0 Å². The standard InChI is InChI=1S/C30H28F3N7O3S/c1-18(2)24-13-12-21(38(3)4)15-25(24)40-26(41)16-44-29(40)36-28(42)35-20-10-8-19(9-11-20)27-34-17-39(37-27)22-6-5-7-23(14-22)43-30(31,32)33/h5-15,17-18H,16H2,1-4H3,(H,35,42)/b36-29-. The summed E-state index contributed by atoms with van der Waals surface area (Å²) < 4.78 is 43.1. The minimum atomic E-state index is -4.81. The molecule has 14 heteroatoms. The Labute approximate surface area is 255 Å². The highest BCUT2D eigenvalue weighted by Crippen LogP contribution is 2.36. The van der Waals surface area contributed by atoms with Crippen molar-refractivity contribution in [3.8, 4) is 22.8 Å². The molecule has 0 unspecified atom stereocenters. The van der Waals surface area contributed by atoms with Gasteiger partial charge >= 0.3 is 12.4 Å². The lowest BCUT2D eigenvalue weighted by atomic mass is 9.99. The summed E-state index contributed by atoms with van der Waals surface area (Å²) in [7, 11) is 3.83. The molecule has 4 aromatic rings. The summed E-state index contributed by atoms with van der Waals surface area (Å²) in [5.41, 5.74) is 3.98. The van der Waals surface area contributed by atoms with Gasteiger partial charge in [-0.15, -0.1) is 18.3 Å². The summed E-state index contributed by atoms with van der Waals surface area (Å²) in [4.78, 5) is 37.7. The van der Waals surface area contributed by atoms with E-state index < -0.39 is 12.4 Å². The van der Waals surface area contributed by atoms with Crippen LogP contribution in [0.4, 0.5) is 35.0 Å². The number of thioether (sulfide) groups is 1. The summed E-state index contributed by atoms with van der Waals surface area (Å²) in [6, 6.07) is 17.3. The Morgan fingerprint density at radius 2 is 1.84 bits per heavy atom. The van der Waals surface area contributed by atoms with E-state index in [2.05, 4.69) is 25.1 Å². The normalized spacial score (nSPS) is 14.4. The van der Waals surface area contributed by atoms with E-state index >= 15 is 0 Å². The second-order valence-corrected chi connectivity index (χ2v) is 11.2. The van der Waals surface area contributed by atoms with Crippen molar-refractivity contribution in [1.29, 1.82) is 0 Å². The Hall–Kier alpha value is -4.85. The van der Waals surface area contributed by atoms with Gasteiger partial charge in [-0.05, 0) is 60.0 Å². The van der Waals surface area contributed by atoms with Crippen LogP contribution in [0.25, 0.3) is 17.1 Å². The Morgan fingerprint density at radius 3 is 2.52 bits per heavy atom. The van der Waals surface area contributed by atoms with Crippen LogP contribution in [0.5, 0.6) is 5.75 Å². The summed E-state index contributed by atoms with van der Waals surface area (Å²) in [5, 5.41) is 7.36. The smallest absolute Gasteiger partial charge is 0.406 e. The van der Waals surface area contributed by atoms with Gasteiger partial charge in [-0.25, -0.2) is 14.5 Å². The molecule has 5 rings (SSSR count). The molecule has 10 nitrogen and oxygen atoms in total. The van der Waals surface area contributed by atoms with Crippen molar-refractivity contribution in [2.75, 3.05) is 35.0 Å². The van der Waals surface area contributed by atoms with Crippen molar-refractivity contribution in [2.24, 2.45) is 4.99 Å². The minimum absolute atomic E-state index is 0.141. The second kappa shape index (κ2) is 12.4. The van der Waals surface area contributed by atoms with Gasteiger partial charge in [-0.3, -0.25) is 9.69 Å². The summed E-state index contributed by atoms with van der Waals surface area (Å²) in [5.74, 6) is 0.103. The zero-order valence-corrected chi connectivity index (χ0v) is 25.0. The molecule has 1 fully saturated rings. The van der Waals surface area contributed by atoms with Gasteiger partial charge in [0.15, 0.2) is 11.0 Å². The lowest BCUT2D eigenvalue weighted by Crippen LogP contribution is -2.31. The number of nitrogens with zero attached hydrogens (tertiary/aromatic N) is 6. The van der Waals surface area contributed by atoms with Crippen LogP contribution in [0.3, 0.4) is 0 Å². The fourth-order valence-electron chi connectivity index (χ4n) is 4.46. The van der Waals surface area contributed by atoms with Crippen LogP contribution >= 0.6 is 11.8 Å². The van der Waals surface area contributed by atoms with Crippen molar-refractivity contribution in [1.82, 2.24) is 14.8 Å². The fourth-order valence-corrected chi connectivity index (χ4v) is 5.32. The number of hydrogen-bond acceptors (Lipinski definition) is 7. The number of rotatable bonds is 7. The first-order valence-corrected chi connectivity index (χ1v) is 14.4. The van der Waals surface area contributed by atoms with Crippen LogP contribution in [0, 0.1) is 0 Å². The number of carbonyl (C=O) groups is 2. The third-order valence-electron chi connectivity index (χ3n) is 6.56. The first kappa shape index (κ1) is 30.6. The summed E-state index contributed by atoms with van der Waals surface area (Å²) in [6.07, 6.45) is -3.43. The molecular weight excluding hydrogens is 595 g/mol. The maximum absolute atomic E-state index is 12.9. The Bertz CT molecular complexity index is 1720. The van der Waals surface area contributed by atoms with Gasteiger partial charge < -0.3 is 15.0 Å². The molecule has 0 radical (unpaired) electrons. The van der Waals surface area contributed by atoms with Crippen LogP contribution in [0.15, 0.2) is 78.0 Å². The van der Waals surface area contributed by atoms with Crippen LogP contribution in [-0.4, -0.2) is 58.1 Å². The van der Waals surface area contributed by atoms with Crippen molar-refractivity contribution >= 4 is 45.9 Å². The Morgan fingerprint density at radius 1 is 1.09 bits per heavy atom. The van der Waals surface area contributed by atoms with Crippen molar-refractivity contribution in [3.05, 3.63) is 78.6 Å². The van der Waals surface area contributed by atoms with Gasteiger partial charge in [0.25, 0.3) is 0 Å². The quantitative estimate of drug-likeness (QED) is 0.245. The van der Waals surface area contributed by atoms with E-state index in [1.165, 1.54) is 45.9 Å². The molecule has 3 aromatic carbocycles. The predicted molar refractivity (Wildman–Crippen MR) is 165 cm³/mol. The van der Waals surface area contributed by atoms with E-state index in [1.807, 2.05) is 51.0 Å². The average molecular weight is 624 g/mol. The number of amidine groups is 1. The largest absolute Gasteiger partial charge is 0.573 e. The predicted octanol–water partition coefficient (Wildman–Crippen LogP) is 6.69. The molecule has 0 aliphatic carbocycles. The van der Waals surface area contributed by atoms with Crippen molar-refractivity contribution in [2.45, 2.75) is 26.1 Å². The number of halogens is 3. The molecule has 1 aromatic heterocycles. The lowest BCUT2D eigenvalue weighted by molar-refractivity contribution is -0.274. The van der Waals surface area contributed by atoms with Crippen LogP contribution < -0.4 is 19.9 Å². The number of aromatic nitrogens is 3. The number of benzene rings is 3. The highest BCUT2D eigenvalue weighted by molar-refractivity contribution is 8.15. The molecule has 0 saturated carbocycles. The van der Waals surface area contributed by atoms with Crippen LogP contribution in [0.1, 0.15) is 25.3 Å². The second-order valence-electron chi connectivity index (χ2n) is 10.3. The number of nitrogens with one attached hydrogen (secondary N) is 1. The molecule has 228 valence electrons. The first-order chi connectivity index (χ1) is 20.9. The van der Waals surface area contributed by atoms with Gasteiger partial charge in [0.05, 0.1) is 17.1 Å². The highest BCUT2D eigenvalue weighted by atomic mass is 32.2. The zero-order chi connectivity index (χ0) is 31.6. The van der Waals surface area contributed by atoms with E-state index in [0.29, 0.717) is 33.6 Å². The van der Waals surface area contributed by atoms with Gasteiger partial charge in [-0.2, -0.15) is 4.99 Å². The Kier molecular flexibility index (Phi) is 8.63. The molecule has 1 aliphatic heterocycles. The monoisotopic (exact) mass is 623 g/mol. The third-order valence-corrected chi connectivity index (χ3v) is 7.48. The molecule has 44 heavy (non-hydrogen) atoms. The fraction of sp³-hybridized carbons (Fsp3) is 0.233. The number of amides is 3. The van der Waals surface area contributed by atoms with Crippen LogP contribution in [0.2, 0.25) is 0 Å². The molecule has 0 bridgehead atoms. The van der Waals surface area contributed by atoms with Gasteiger partial charge in [0.2, 0.25) is 5.91 Å². The molecule has 3 amide bonds. The number of carbonyl (C=O) groups excluding carboxylic acids is 2. The van der Waals surface area contributed by atoms with Crippen LogP contribution in [-0.2, 0) is 4.79 Å². The molecule has 1 saturated heterocycles. The number of anilines is 3. The molecule has 0 atom stereocenters. The topological polar surface area (TPSA) is 105 Å². The summed E-state index contributed by atoms with van der Waals surface area (Å²) in [6.45, 7) is 4.08. The van der Waals surface area contributed by atoms with Gasteiger partial charge in [0, 0.05) is 37.1 Å². The number of ether oxygens (including phenoxy) is 1. The van der Waals surface area contributed by atoms with Crippen molar-refractivity contribution < 1.29 is 27.5 Å². The van der Waals surface area contributed by atoms with E-state index in [1.54, 1.807) is 30.3 Å². The highest BCUT2D eigenvalue weighted by Gasteiger charge is 2.33. The van der Waals surface area contributed by atoms with Gasteiger partial charge in [0.1, 0.15) is 12.1 Å². The number of alkyl halides is 3. The minimum Gasteiger partial charge on any atom is -0.406 e. The van der Waals surface area contributed by atoms with E-state index in [-0.39, 0.29) is 23.3 Å². The Balaban J connectivity index is 1.30.